The topological polar surface area (TPSA) is 152 Å². The molecule has 17 nitrogen and oxygen atoms in total. The Labute approximate surface area is 474 Å². The normalized spacial score (nSPS) is 12.9. The van der Waals surface area contributed by atoms with Gasteiger partial charge in [0.1, 0.15) is 24.4 Å². The molecule has 0 spiro atoms. The Morgan fingerprint density at radius 2 is 0.952 bits per heavy atom. The Balaban J connectivity index is 0.0000000851. The van der Waals surface area contributed by atoms with E-state index in [4.69, 9.17) is 4.42 Å². The van der Waals surface area contributed by atoms with Crippen molar-refractivity contribution in [2.75, 3.05) is 0 Å². The van der Waals surface area contributed by atoms with Crippen molar-refractivity contribution in [1.82, 2.24) is 66.6 Å². The van der Waals surface area contributed by atoms with Gasteiger partial charge in [0.05, 0.1) is 45.4 Å². The van der Waals surface area contributed by atoms with Crippen LogP contribution in [0.15, 0.2) is 207 Å². The number of rotatable bonds is 1. The summed E-state index contributed by atoms with van der Waals surface area (Å²) in [4.78, 5) is 35.1. The van der Waals surface area contributed by atoms with Crippen molar-refractivity contribution in [2.45, 2.75) is 25.9 Å². The Hall–Kier alpha value is -11.0. The Morgan fingerprint density at radius 1 is 0.434 bits per heavy atom. The molecule has 394 valence electrons. The molecule has 2 aliphatic carbocycles. The van der Waals surface area contributed by atoms with Crippen molar-refractivity contribution in [1.29, 1.82) is 0 Å². The molecule has 0 fully saturated rings. The van der Waals surface area contributed by atoms with Gasteiger partial charge in [-0.2, -0.15) is 8.80 Å². The second kappa shape index (κ2) is 17.5. The number of aryl methyl sites for hydroxylation is 1. The molecule has 18 heterocycles. The van der Waals surface area contributed by atoms with Crippen LogP contribution in [0.4, 0.5) is 0 Å². The predicted molar refractivity (Wildman–Crippen MR) is 316 cm³/mol. The summed E-state index contributed by atoms with van der Waals surface area (Å²) in [5.41, 5.74) is 30.3. The first-order valence-electron chi connectivity index (χ1n) is 27.3. The van der Waals surface area contributed by atoms with Gasteiger partial charge in [-0.1, -0.05) is 29.5 Å². The van der Waals surface area contributed by atoms with Crippen LogP contribution in [0, 0.1) is 0 Å². The molecule has 83 heavy (non-hydrogen) atoms. The monoisotopic (exact) mass is 1100 g/mol. The fourth-order valence-electron chi connectivity index (χ4n) is 13.3. The molecule has 0 atom stereocenters. The van der Waals surface area contributed by atoms with E-state index in [-0.39, 0.29) is 0 Å². The minimum Gasteiger partial charge on any atom is -0.413 e. The van der Waals surface area contributed by atoms with E-state index in [1.165, 1.54) is 110 Å². The zero-order valence-electron chi connectivity index (χ0n) is 44.4. The van der Waals surface area contributed by atoms with Crippen LogP contribution in [0.2, 0.25) is 0 Å². The van der Waals surface area contributed by atoms with Gasteiger partial charge < -0.3 is 13.4 Å². The maximum absolute atomic E-state index is 5.95. The highest BCUT2D eigenvalue weighted by molar-refractivity contribution is 7.24. The first kappa shape index (κ1) is 45.8. The number of pyridine rings is 8. The van der Waals surface area contributed by atoms with Crippen LogP contribution in [0.1, 0.15) is 33.4 Å². The highest BCUT2D eigenvalue weighted by Crippen LogP contribution is 2.45. The summed E-state index contributed by atoms with van der Waals surface area (Å²) in [5, 5.41) is 0. The second-order valence-corrected chi connectivity index (χ2v) is 22.3. The molecule has 1 aromatic carbocycles. The lowest BCUT2D eigenvalue weighted by Gasteiger charge is -2.07. The van der Waals surface area contributed by atoms with Crippen molar-refractivity contribution < 1.29 is 13.6 Å². The van der Waals surface area contributed by atoms with Gasteiger partial charge >= 0.3 is 5.71 Å². The standard InChI is InChI=1S/C21H14N4.C16H12N4.C14H9N4O.C14H9N4S/c1-2-4-16(5-3-1)25-19-12-23-9-7-18(19)24-13-15-10-14-11-22-8-6-17(14)20(15)21(24)25;1-19-14-8-18-5-3-13(14)20-9-11-6-10-7-17-4-2-12(10)15(11)16(19)20;2*1-3-15-5-9-7-17-8-18-11-2-4-16-6-12(11)19-14(18)13(17)10(1)9/h1-9,11-13H,10H2;2-5,7-9H,6H2,1H3;2*1-6,8H,7H2/q;;2*+1. The predicted octanol–water partition coefficient (Wildman–Crippen LogP) is 11.1. The largest absolute Gasteiger partial charge is 0.413 e. The zero-order valence-corrected chi connectivity index (χ0v) is 45.2. The fraction of sp³-hybridized carbons (Fsp3) is 0.0769. The fourth-order valence-corrected chi connectivity index (χ4v) is 14.5. The molecular weight excluding hydrogens is 1050 g/mol. The number of hydrogen-bond donors (Lipinski definition) is 0. The third kappa shape index (κ3) is 6.68. The van der Waals surface area contributed by atoms with E-state index in [9.17, 15) is 0 Å². The maximum atomic E-state index is 5.95. The minimum absolute atomic E-state index is 0.809. The molecule has 18 heteroatoms. The van der Waals surface area contributed by atoms with Crippen LogP contribution in [-0.4, -0.2) is 66.6 Å². The molecule has 0 amide bonds. The Bertz CT molecular complexity index is 5360. The number of nitrogens with zero attached hydrogens (tertiary/aromatic N) is 16. The van der Waals surface area contributed by atoms with Crippen LogP contribution in [0.5, 0.6) is 0 Å². The van der Waals surface area contributed by atoms with Crippen molar-refractivity contribution >= 4 is 76.6 Å². The van der Waals surface area contributed by atoms with Gasteiger partial charge in [-0.05, 0) is 81.9 Å². The average Bonchev–Trinajstić information content (AvgIpc) is 3.02. The molecule has 2 aliphatic heterocycles. The molecule has 4 aliphatic rings. The van der Waals surface area contributed by atoms with E-state index in [0.717, 1.165) is 65.2 Å². The summed E-state index contributed by atoms with van der Waals surface area (Å²) >= 11 is 1.80. The molecule has 0 radical (unpaired) electrons. The van der Waals surface area contributed by atoms with E-state index in [1.807, 2.05) is 105 Å². The quantitative estimate of drug-likeness (QED) is 0.146. The molecule has 0 N–H and O–H groups in total. The van der Waals surface area contributed by atoms with Crippen LogP contribution in [0.25, 0.3) is 116 Å². The molecule has 21 rings (SSSR count). The summed E-state index contributed by atoms with van der Waals surface area (Å²) in [6.07, 6.45) is 40.9. The molecule has 16 aromatic heterocycles. The van der Waals surface area contributed by atoms with E-state index >= 15 is 0 Å². The van der Waals surface area contributed by atoms with Crippen LogP contribution in [0.3, 0.4) is 0 Å². The summed E-state index contributed by atoms with van der Waals surface area (Å²) in [5.74, 6) is 0. The van der Waals surface area contributed by atoms with Gasteiger partial charge in [0, 0.05) is 164 Å². The third-order valence-corrected chi connectivity index (χ3v) is 17.9. The van der Waals surface area contributed by atoms with E-state index in [1.54, 1.807) is 23.7 Å². The van der Waals surface area contributed by atoms with Crippen LogP contribution >= 0.6 is 11.3 Å². The first-order chi connectivity index (χ1) is 41.1. The summed E-state index contributed by atoms with van der Waals surface area (Å²) in [7, 11) is 2.11. The van der Waals surface area contributed by atoms with Gasteiger partial charge in [0.15, 0.2) is 22.3 Å². The van der Waals surface area contributed by atoms with E-state index in [2.05, 4.69) is 169 Å². The smallest absolute Gasteiger partial charge is 0.344 e. The SMILES string of the molecule is Cn1c2cnccc2n2cc3c(c12)-c1ccncc1C3.c1cc2c(cn1)C[n+]1cn3c(oc4cnccc43)c1-2.c1cc2c(cn1)C[n+]1cn3c(sc4cnccc43)c1-2.c1ccc(-n2c3cnccc3n3cc4c(c23)-c2ccncc2C4)cc1. The molecule has 0 unspecified atom stereocenters. The van der Waals surface area contributed by atoms with Crippen LogP contribution < -0.4 is 9.13 Å². The first-order valence-corrected chi connectivity index (χ1v) is 28.1. The molecule has 0 saturated carbocycles. The van der Waals surface area contributed by atoms with Crippen molar-refractivity contribution in [3.05, 3.63) is 236 Å². The van der Waals surface area contributed by atoms with Crippen molar-refractivity contribution in [2.24, 2.45) is 7.05 Å². The van der Waals surface area contributed by atoms with Crippen molar-refractivity contribution in [3.63, 3.8) is 0 Å². The lowest BCUT2D eigenvalue weighted by atomic mass is 10.1. The number of benzene rings is 1. The number of para-hydroxylation sites is 1. The molecule has 17 aromatic rings. The van der Waals surface area contributed by atoms with Gasteiger partial charge in [-0.15, -0.1) is 0 Å². The number of thiazole rings is 1. The number of hydrogen-bond acceptors (Lipinski definition) is 10. The Morgan fingerprint density at radius 3 is 1.65 bits per heavy atom. The molecule has 0 saturated heterocycles. The third-order valence-electron chi connectivity index (χ3n) is 16.8. The lowest BCUT2D eigenvalue weighted by Crippen LogP contribution is -2.29. The molecule has 0 bridgehead atoms. The second-order valence-electron chi connectivity index (χ2n) is 21.3. The average molecular weight is 1100 g/mol. The number of aromatic nitrogens is 16. The van der Waals surface area contributed by atoms with Gasteiger partial charge in [-0.3, -0.25) is 48.8 Å². The van der Waals surface area contributed by atoms with Gasteiger partial charge in [0.2, 0.25) is 10.5 Å². The number of fused-ring (bicyclic) bond motifs is 28. The summed E-state index contributed by atoms with van der Waals surface area (Å²) < 4.78 is 25.2. The van der Waals surface area contributed by atoms with E-state index < -0.39 is 0 Å². The highest BCUT2D eigenvalue weighted by Gasteiger charge is 2.34. The zero-order chi connectivity index (χ0) is 54.4. The Kier molecular flexibility index (Phi) is 9.67. The number of oxazole rings is 1. The van der Waals surface area contributed by atoms with Gasteiger partial charge in [0.25, 0.3) is 12.7 Å². The maximum Gasteiger partial charge on any atom is 0.344 e. The van der Waals surface area contributed by atoms with E-state index in [0.29, 0.717) is 0 Å². The van der Waals surface area contributed by atoms with Gasteiger partial charge in [-0.25, -0.2) is 9.13 Å². The van der Waals surface area contributed by atoms with Crippen LogP contribution in [-0.2, 0) is 33.0 Å². The molecular formula is C65H44N16OS+2. The summed E-state index contributed by atoms with van der Waals surface area (Å²) in [6.45, 7) is 1.77. The highest BCUT2D eigenvalue weighted by atomic mass is 32.1. The van der Waals surface area contributed by atoms with Crippen molar-refractivity contribution in [3.8, 4) is 50.5 Å². The number of imidazole rings is 4. The lowest BCUT2D eigenvalue weighted by molar-refractivity contribution is -0.671. The minimum atomic E-state index is 0.809. The summed E-state index contributed by atoms with van der Waals surface area (Å²) in [6, 6.07) is 27.1.